The van der Waals surface area contributed by atoms with Gasteiger partial charge in [0.2, 0.25) is 0 Å². The normalized spacial score (nSPS) is 11.4. The quantitative estimate of drug-likeness (QED) is 0.414. The molecule has 0 unspecified atom stereocenters. The molecular formula is C5H12PS+. The van der Waals surface area contributed by atoms with Crippen LogP contribution in [0.2, 0.25) is 0 Å². The molecule has 0 saturated heterocycles. The molecule has 0 aromatic rings. The Kier molecular flexibility index (Phi) is 2.35. The fourth-order valence-corrected chi connectivity index (χ4v) is 0. The lowest BCUT2D eigenvalue weighted by molar-refractivity contribution is 1.99. The highest BCUT2D eigenvalue weighted by Crippen LogP contribution is 2.55. The van der Waals surface area contributed by atoms with Gasteiger partial charge >= 0.3 is 0 Å². The highest BCUT2D eigenvalue weighted by atomic mass is 32.1. The molecule has 2 heteroatoms. The molecule has 42 valence electrons. The first-order chi connectivity index (χ1) is 2.94. The van der Waals surface area contributed by atoms with Crippen molar-refractivity contribution in [3.63, 3.8) is 0 Å². The van der Waals surface area contributed by atoms with Gasteiger partial charge in [-0.15, -0.1) is 12.6 Å². The minimum atomic E-state index is -0.818. The number of hydrogen-bond donors (Lipinski definition) is 1. The van der Waals surface area contributed by atoms with Gasteiger partial charge in [-0.05, 0) is 0 Å². The van der Waals surface area contributed by atoms with Crippen LogP contribution in [0.4, 0.5) is 0 Å². The summed E-state index contributed by atoms with van der Waals surface area (Å²) in [5.41, 5.74) is 0. The molecule has 0 atom stereocenters. The maximum atomic E-state index is 4.13. The molecule has 0 aliphatic heterocycles. The van der Waals surface area contributed by atoms with Gasteiger partial charge in [0, 0.05) is 7.26 Å². The third-order valence-electron chi connectivity index (χ3n) is 0.774. The number of rotatable bonds is 1. The first kappa shape index (κ1) is 7.52. The second-order valence-electron chi connectivity index (χ2n) is 2.43. The molecular weight excluding hydrogens is 123 g/mol. The van der Waals surface area contributed by atoms with Gasteiger partial charge < -0.3 is 0 Å². The van der Waals surface area contributed by atoms with Gasteiger partial charge in [0.1, 0.15) is 4.65 Å². The molecule has 0 rings (SSSR count). The standard InChI is InChI=1S/C5H11PS/c1-5(7)6(2,3)4/h1H2,2-4H3/p+1. The molecule has 0 spiro atoms. The molecule has 0 nitrogen and oxygen atoms in total. The van der Waals surface area contributed by atoms with Gasteiger partial charge in [0.05, 0.1) is 20.0 Å². The van der Waals surface area contributed by atoms with Crippen molar-refractivity contribution in [1.82, 2.24) is 0 Å². The summed E-state index contributed by atoms with van der Waals surface area (Å²) in [7, 11) is -0.818. The number of hydrogen-bond acceptors (Lipinski definition) is 1. The largest absolute Gasteiger partial charge is 0.115 e. The third-order valence-corrected chi connectivity index (χ3v) is 4.12. The molecule has 0 aromatic carbocycles. The SMILES string of the molecule is C=C(S)[P+](C)(C)C. The number of thiol groups is 1. The highest BCUT2D eigenvalue weighted by Gasteiger charge is 2.18. The first-order valence-corrected chi connectivity index (χ1v) is 5.72. The summed E-state index contributed by atoms with van der Waals surface area (Å²) in [6, 6.07) is 0. The van der Waals surface area contributed by atoms with E-state index in [4.69, 9.17) is 0 Å². The Balaban J connectivity index is 3.79. The van der Waals surface area contributed by atoms with E-state index in [1.54, 1.807) is 0 Å². The van der Waals surface area contributed by atoms with E-state index >= 15 is 0 Å². The van der Waals surface area contributed by atoms with Crippen LogP contribution >= 0.6 is 19.9 Å². The van der Waals surface area contributed by atoms with Crippen LogP contribution in [0.1, 0.15) is 0 Å². The molecule has 0 amide bonds. The Labute approximate surface area is 51.7 Å². The Morgan fingerprint density at radius 1 is 1.43 bits per heavy atom. The average Bonchev–Trinajstić information content (AvgIpc) is 1.31. The van der Waals surface area contributed by atoms with Crippen LogP contribution in [0.3, 0.4) is 0 Å². The molecule has 0 aliphatic carbocycles. The predicted octanol–water partition coefficient (Wildman–Crippen LogP) is 2.29. The topological polar surface area (TPSA) is 0 Å². The van der Waals surface area contributed by atoms with Gasteiger partial charge in [0.25, 0.3) is 0 Å². The Morgan fingerprint density at radius 3 is 1.57 bits per heavy atom. The van der Waals surface area contributed by atoms with Gasteiger partial charge in [0.15, 0.2) is 0 Å². The zero-order valence-electron chi connectivity index (χ0n) is 5.10. The van der Waals surface area contributed by atoms with Crippen molar-refractivity contribution in [1.29, 1.82) is 0 Å². The lowest BCUT2D eigenvalue weighted by atomic mass is 11.2. The summed E-state index contributed by atoms with van der Waals surface area (Å²) in [6.07, 6.45) is 0. The van der Waals surface area contributed by atoms with Gasteiger partial charge in [-0.2, -0.15) is 0 Å². The Bertz CT molecular complexity index is 80.6. The zero-order valence-corrected chi connectivity index (χ0v) is 6.89. The van der Waals surface area contributed by atoms with Crippen LogP contribution in [0.15, 0.2) is 11.2 Å². The van der Waals surface area contributed by atoms with Crippen molar-refractivity contribution in [3.05, 3.63) is 11.2 Å². The summed E-state index contributed by atoms with van der Waals surface area (Å²) in [5, 5.41) is 0. The van der Waals surface area contributed by atoms with Crippen molar-refractivity contribution in [2.24, 2.45) is 0 Å². The fraction of sp³-hybridized carbons (Fsp3) is 0.600. The summed E-state index contributed by atoms with van der Waals surface area (Å²) < 4.78 is 1.05. The monoisotopic (exact) mass is 135 g/mol. The van der Waals surface area contributed by atoms with Crippen LogP contribution < -0.4 is 0 Å². The maximum Gasteiger partial charge on any atom is 0.115 e. The smallest absolute Gasteiger partial charge is 0.107 e. The van der Waals surface area contributed by atoms with E-state index in [2.05, 4.69) is 39.2 Å². The minimum Gasteiger partial charge on any atom is -0.107 e. The summed E-state index contributed by atoms with van der Waals surface area (Å²) in [5.74, 6) is 0. The van der Waals surface area contributed by atoms with E-state index in [1.165, 1.54) is 0 Å². The summed E-state index contributed by atoms with van der Waals surface area (Å²) >= 11 is 4.13. The van der Waals surface area contributed by atoms with Crippen molar-refractivity contribution in [3.8, 4) is 0 Å². The minimum absolute atomic E-state index is 0.818. The third kappa shape index (κ3) is 3.13. The van der Waals surface area contributed by atoms with Crippen LogP contribution in [-0.2, 0) is 0 Å². The van der Waals surface area contributed by atoms with Gasteiger partial charge in [-0.1, -0.05) is 6.58 Å². The van der Waals surface area contributed by atoms with Gasteiger partial charge in [-0.3, -0.25) is 0 Å². The van der Waals surface area contributed by atoms with E-state index in [-0.39, 0.29) is 0 Å². The zero-order chi connectivity index (χ0) is 6.08. The van der Waals surface area contributed by atoms with Crippen molar-refractivity contribution in [2.45, 2.75) is 0 Å². The lowest BCUT2D eigenvalue weighted by Crippen LogP contribution is -1.80. The summed E-state index contributed by atoms with van der Waals surface area (Å²) in [6.45, 7) is 10.3. The summed E-state index contributed by atoms with van der Waals surface area (Å²) in [4.78, 5) is 0. The molecule has 0 fully saturated rings. The highest BCUT2D eigenvalue weighted by molar-refractivity contribution is 8.01. The molecule has 0 bridgehead atoms. The fourth-order valence-electron chi connectivity index (χ4n) is 0. The Hall–Kier alpha value is 0.520. The lowest BCUT2D eigenvalue weighted by Gasteiger charge is -2.07. The van der Waals surface area contributed by atoms with Gasteiger partial charge in [-0.25, -0.2) is 0 Å². The van der Waals surface area contributed by atoms with Crippen LogP contribution in [-0.4, -0.2) is 20.0 Å². The molecule has 0 radical (unpaired) electrons. The van der Waals surface area contributed by atoms with Crippen LogP contribution in [0.5, 0.6) is 0 Å². The molecule has 7 heavy (non-hydrogen) atoms. The Morgan fingerprint density at radius 2 is 1.57 bits per heavy atom. The van der Waals surface area contributed by atoms with E-state index in [0.29, 0.717) is 0 Å². The molecule has 0 saturated carbocycles. The maximum absolute atomic E-state index is 4.13. The second kappa shape index (κ2) is 2.19. The predicted molar refractivity (Wildman–Crippen MR) is 42.8 cm³/mol. The molecule has 0 N–H and O–H groups in total. The van der Waals surface area contributed by atoms with Crippen LogP contribution in [0.25, 0.3) is 0 Å². The van der Waals surface area contributed by atoms with E-state index in [1.807, 2.05) is 0 Å². The van der Waals surface area contributed by atoms with E-state index < -0.39 is 7.26 Å². The van der Waals surface area contributed by atoms with E-state index in [0.717, 1.165) is 4.65 Å². The van der Waals surface area contributed by atoms with Crippen LogP contribution in [0, 0.1) is 0 Å². The van der Waals surface area contributed by atoms with Crippen molar-refractivity contribution >= 4 is 19.9 Å². The molecule has 0 aliphatic rings. The van der Waals surface area contributed by atoms with Crippen molar-refractivity contribution in [2.75, 3.05) is 20.0 Å². The van der Waals surface area contributed by atoms with E-state index in [9.17, 15) is 0 Å². The van der Waals surface area contributed by atoms with Crippen molar-refractivity contribution < 1.29 is 0 Å². The first-order valence-electron chi connectivity index (χ1n) is 2.14. The average molecular weight is 135 g/mol. The molecule has 0 heterocycles. The molecule has 0 aromatic heterocycles. The second-order valence-corrected chi connectivity index (χ2v) is 7.89.